The molecule has 0 amide bonds. The quantitative estimate of drug-likeness (QED) is 0.132. The Labute approximate surface area is 316 Å². The molecule has 0 aromatic heterocycles. The molecule has 7 aromatic carbocycles. The summed E-state index contributed by atoms with van der Waals surface area (Å²) >= 11 is 0. The molecule has 53 heavy (non-hydrogen) atoms. The zero-order valence-electron chi connectivity index (χ0n) is 32.6. The molecule has 0 unspecified atom stereocenters. The molecule has 0 aliphatic carbocycles. The van der Waals surface area contributed by atoms with Crippen LogP contribution in [0.4, 0.5) is 34.1 Å². The second-order valence-electron chi connectivity index (χ2n) is 15.1. The zero-order valence-corrected chi connectivity index (χ0v) is 32.6. The molecule has 0 atom stereocenters. The van der Waals surface area contributed by atoms with Gasteiger partial charge in [0.1, 0.15) is 0 Å². The molecular formula is C50H51N3. The van der Waals surface area contributed by atoms with Gasteiger partial charge in [-0.05, 0) is 148 Å². The fraction of sp³-hybridized carbons (Fsp3) is 0.200. The van der Waals surface area contributed by atoms with Crippen LogP contribution in [0, 0.1) is 62.3 Å². The van der Waals surface area contributed by atoms with E-state index in [0.29, 0.717) is 0 Å². The maximum Gasteiger partial charge on any atom is 0.0464 e. The van der Waals surface area contributed by atoms with E-state index in [1.165, 1.54) is 94.6 Å². The van der Waals surface area contributed by atoms with E-state index < -0.39 is 0 Å². The third-order valence-electron chi connectivity index (χ3n) is 10.6. The summed E-state index contributed by atoms with van der Waals surface area (Å²) in [5.41, 5.74) is 22.0. The summed E-state index contributed by atoms with van der Waals surface area (Å²) in [6, 6.07) is 44.9. The Bertz CT molecular complexity index is 2280. The summed E-state index contributed by atoms with van der Waals surface area (Å²) in [5, 5.41) is 13.7. The number of anilines is 6. The van der Waals surface area contributed by atoms with Gasteiger partial charge in [-0.25, -0.2) is 0 Å². The van der Waals surface area contributed by atoms with Gasteiger partial charge in [0.05, 0.1) is 0 Å². The van der Waals surface area contributed by atoms with Crippen molar-refractivity contribution in [1.82, 2.24) is 0 Å². The van der Waals surface area contributed by atoms with Crippen molar-refractivity contribution in [3.05, 3.63) is 188 Å². The maximum atomic E-state index is 3.83. The van der Waals surface area contributed by atoms with E-state index >= 15 is 0 Å². The monoisotopic (exact) mass is 693 g/mol. The molecule has 3 nitrogen and oxygen atoms in total. The molecule has 266 valence electrons. The molecule has 0 aliphatic heterocycles. The topological polar surface area (TPSA) is 36.1 Å². The Hall–Kier alpha value is -5.80. The molecule has 3 N–H and O–H groups in total. The van der Waals surface area contributed by atoms with E-state index in [4.69, 9.17) is 0 Å². The molecule has 0 heterocycles. The lowest BCUT2D eigenvalue weighted by atomic mass is 9.82. The van der Waals surface area contributed by atoms with Crippen LogP contribution in [-0.2, 0) is 0 Å². The Kier molecular flexibility index (Phi) is 9.86. The van der Waals surface area contributed by atoms with Crippen LogP contribution in [0.2, 0.25) is 0 Å². The predicted molar refractivity (Wildman–Crippen MR) is 230 cm³/mol. The van der Waals surface area contributed by atoms with Crippen molar-refractivity contribution in [2.24, 2.45) is 0 Å². The number of hydrogen-bond donors (Lipinski definition) is 3. The smallest absolute Gasteiger partial charge is 0.0464 e. The van der Waals surface area contributed by atoms with Gasteiger partial charge < -0.3 is 16.0 Å². The fourth-order valence-electron chi connectivity index (χ4n) is 8.31. The van der Waals surface area contributed by atoms with Crippen molar-refractivity contribution >= 4 is 44.9 Å². The van der Waals surface area contributed by atoms with Crippen molar-refractivity contribution in [2.45, 2.75) is 68.2 Å². The van der Waals surface area contributed by atoms with E-state index in [9.17, 15) is 0 Å². The van der Waals surface area contributed by atoms with Crippen LogP contribution in [0.25, 0.3) is 10.8 Å². The number of rotatable bonds is 9. The fourth-order valence-corrected chi connectivity index (χ4v) is 8.31. The van der Waals surface area contributed by atoms with Gasteiger partial charge in [-0.2, -0.15) is 0 Å². The van der Waals surface area contributed by atoms with Crippen LogP contribution in [-0.4, -0.2) is 0 Å². The second-order valence-corrected chi connectivity index (χ2v) is 15.1. The van der Waals surface area contributed by atoms with Crippen LogP contribution in [0.1, 0.15) is 72.7 Å². The van der Waals surface area contributed by atoms with Crippen LogP contribution < -0.4 is 16.0 Å². The summed E-state index contributed by atoms with van der Waals surface area (Å²) in [6.45, 7) is 19.6. The average molecular weight is 694 g/mol. The van der Waals surface area contributed by atoms with Gasteiger partial charge in [0, 0.05) is 45.4 Å². The molecule has 3 heteroatoms. The van der Waals surface area contributed by atoms with Gasteiger partial charge in [0.25, 0.3) is 0 Å². The average Bonchev–Trinajstić information content (AvgIpc) is 3.11. The first kappa shape index (κ1) is 35.6. The van der Waals surface area contributed by atoms with Gasteiger partial charge in [-0.3, -0.25) is 0 Å². The number of benzene rings is 7. The highest BCUT2D eigenvalue weighted by molar-refractivity contribution is 5.98. The molecule has 7 aromatic rings. The van der Waals surface area contributed by atoms with Gasteiger partial charge in [-0.1, -0.05) is 108 Å². The highest BCUT2D eigenvalue weighted by Crippen LogP contribution is 2.41. The van der Waals surface area contributed by atoms with Crippen molar-refractivity contribution in [2.75, 3.05) is 16.0 Å². The number of hydrogen-bond acceptors (Lipinski definition) is 3. The van der Waals surface area contributed by atoms with E-state index in [1.54, 1.807) is 0 Å². The molecule has 0 spiro atoms. The number of fused-ring (bicyclic) bond motifs is 1. The first-order valence-corrected chi connectivity index (χ1v) is 18.7. The summed E-state index contributed by atoms with van der Waals surface area (Å²) < 4.78 is 0. The standard InChI is InChI=1S/C50H51N3/c1-30-24-33(4)48(34(5)25-30)51-41-18-14-39(15-19-41)47(40-16-20-42(21-17-40)52-49-35(6)26-31(2)27-36(49)7)45-22-23-46(44-13-11-10-12-43(44)45)53-50-37(8)28-32(3)29-38(50)9/h10-29,47,51-53H,1-9H3. The minimum absolute atomic E-state index is 0.0191. The van der Waals surface area contributed by atoms with Crippen molar-refractivity contribution < 1.29 is 0 Å². The van der Waals surface area contributed by atoms with Crippen LogP contribution in [0.5, 0.6) is 0 Å². The second kappa shape index (κ2) is 14.7. The van der Waals surface area contributed by atoms with Gasteiger partial charge in [-0.15, -0.1) is 0 Å². The predicted octanol–water partition coefficient (Wildman–Crippen LogP) is 14.0. The zero-order chi connectivity index (χ0) is 37.4. The van der Waals surface area contributed by atoms with Gasteiger partial charge >= 0.3 is 0 Å². The molecule has 0 radical (unpaired) electrons. The lowest BCUT2D eigenvalue weighted by Gasteiger charge is -2.24. The van der Waals surface area contributed by atoms with E-state index in [-0.39, 0.29) is 5.92 Å². The van der Waals surface area contributed by atoms with Crippen molar-refractivity contribution in [3.63, 3.8) is 0 Å². The Morgan fingerprint density at radius 1 is 0.358 bits per heavy atom. The van der Waals surface area contributed by atoms with E-state index in [0.717, 1.165) is 17.1 Å². The third kappa shape index (κ3) is 7.43. The largest absolute Gasteiger partial charge is 0.355 e. The SMILES string of the molecule is Cc1cc(C)c(Nc2ccc(C(c3ccc(Nc4c(C)cc(C)cc4C)cc3)c3ccc(Nc4c(C)cc(C)cc4C)c4ccccc34)cc2)c(C)c1. The first-order valence-electron chi connectivity index (χ1n) is 18.7. The van der Waals surface area contributed by atoms with Crippen LogP contribution >= 0.6 is 0 Å². The van der Waals surface area contributed by atoms with Crippen LogP contribution in [0.3, 0.4) is 0 Å². The van der Waals surface area contributed by atoms with Gasteiger partial charge in [0.2, 0.25) is 0 Å². The van der Waals surface area contributed by atoms with Gasteiger partial charge in [0.15, 0.2) is 0 Å². The Morgan fingerprint density at radius 2 is 0.717 bits per heavy atom. The van der Waals surface area contributed by atoms with Crippen LogP contribution in [0.15, 0.2) is 121 Å². The highest BCUT2D eigenvalue weighted by atomic mass is 14.9. The molecular weight excluding hydrogens is 643 g/mol. The molecule has 0 saturated carbocycles. The number of nitrogens with one attached hydrogen (secondary N) is 3. The molecule has 0 bridgehead atoms. The minimum atomic E-state index is 0.0191. The summed E-state index contributed by atoms with van der Waals surface area (Å²) in [6.07, 6.45) is 0. The molecule has 0 aliphatic rings. The maximum absolute atomic E-state index is 3.83. The summed E-state index contributed by atoms with van der Waals surface area (Å²) in [7, 11) is 0. The molecule has 7 rings (SSSR count). The minimum Gasteiger partial charge on any atom is -0.355 e. The van der Waals surface area contributed by atoms with E-state index in [2.05, 4.69) is 200 Å². The lowest BCUT2D eigenvalue weighted by molar-refractivity contribution is 0.989. The normalized spacial score (nSPS) is 11.3. The summed E-state index contributed by atoms with van der Waals surface area (Å²) in [4.78, 5) is 0. The number of aryl methyl sites for hydroxylation is 9. The Morgan fingerprint density at radius 3 is 1.11 bits per heavy atom. The van der Waals surface area contributed by atoms with Crippen molar-refractivity contribution in [3.8, 4) is 0 Å². The first-order chi connectivity index (χ1) is 25.4. The molecule has 0 saturated heterocycles. The van der Waals surface area contributed by atoms with Crippen molar-refractivity contribution in [1.29, 1.82) is 0 Å². The lowest BCUT2D eigenvalue weighted by Crippen LogP contribution is -2.06. The summed E-state index contributed by atoms with van der Waals surface area (Å²) in [5.74, 6) is 0.0191. The third-order valence-corrected chi connectivity index (χ3v) is 10.6. The molecule has 0 fully saturated rings. The highest BCUT2D eigenvalue weighted by Gasteiger charge is 2.21. The Balaban J connectivity index is 1.30. The van der Waals surface area contributed by atoms with E-state index in [1.807, 2.05) is 0 Å².